The van der Waals surface area contributed by atoms with Crippen LogP contribution in [0.25, 0.3) is 0 Å². The van der Waals surface area contributed by atoms with Crippen LogP contribution in [0.5, 0.6) is 0 Å². The van der Waals surface area contributed by atoms with Crippen molar-refractivity contribution in [2.45, 2.75) is 23.9 Å². The Morgan fingerprint density at radius 1 is 1.25 bits per heavy atom. The number of fused-ring (bicyclic) bond motifs is 3. The van der Waals surface area contributed by atoms with Gasteiger partial charge in [0.2, 0.25) is 5.78 Å². The van der Waals surface area contributed by atoms with Crippen LogP contribution in [0.15, 0.2) is 42.5 Å². The Labute approximate surface area is 92.7 Å². The molecule has 16 heavy (non-hydrogen) atoms. The molecule has 2 fully saturated rings. The van der Waals surface area contributed by atoms with Gasteiger partial charge in [-0.3, -0.25) is 4.79 Å². The van der Waals surface area contributed by atoms with Crippen molar-refractivity contribution in [2.75, 3.05) is 0 Å². The van der Waals surface area contributed by atoms with Crippen LogP contribution in [0.3, 0.4) is 0 Å². The molecule has 2 aliphatic heterocycles. The third kappa shape index (κ3) is 0.970. The molecular weight excluding hydrogens is 204 g/mol. The highest BCUT2D eigenvalue weighted by molar-refractivity contribution is 6.06. The van der Waals surface area contributed by atoms with E-state index in [1.807, 2.05) is 42.5 Å². The molecule has 0 radical (unpaired) electrons. The smallest absolute Gasteiger partial charge is 0.201 e. The normalized spacial score (nSPS) is 42.1. The third-order valence-electron chi connectivity index (χ3n) is 3.47. The van der Waals surface area contributed by atoms with Crippen LogP contribution in [-0.2, 0) is 9.47 Å². The zero-order valence-electron chi connectivity index (χ0n) is 8.50. The van der Waals surface area contributed by atoms with E-state index < -0.39 is 5.60 Å². The summed E-state index contributed by atoms with van der Waals surface area (Å²) in [5.74, 6) is 0.0447. The molecule has 1 aliphatic carbocycles. The molecule has 3 nitrogen and oxygen atoms in total. The van der Waals surface area contributed by atoms with E-state index >= 15 is 0 Å². The second-order valence-electron chi connectivity index (χ2n) is 4.45. The number of benzene rings is 1. The third-order valence-corrected chi connectivity index (χ3v) is 3.47. The van der Waals surface area contributed by atoms with Gasteiger partial charge < -0.3 is 9.47 Å². The van der Waals surface area contributed by atoms with Crippen molar-refractivity contribution < 1.29 is 14.3 Å². The Morgan fingerprint density at radius 3 is 2.88 bits per heavy atom. The summed E-state index contributed by atoms with van der Waals surface area (Å²) >= 11 is 0. The molecular formula is C13H10O3. The molecule has 2 heterocycles. The fraction of sp³-hybridized carbons (Fsp3) is 0.308. The van der Waals surface area contributed by atoms with Gasteiger partial charge in [0, 0.05) is 5.56 Å². The molecule has 0 N–H and O–H groups in total. The van der Waals surface area contributed by atoms with E-state index in [0.717, 1.165) is 0 Å². The van der Waals surface area contributed by atoms with Gasteiger partial charge in [-0.15, -0.1) is 0 Å². The van der Waals surface area contributed by atoms with Crippen molar-refractivity contribution >= 4 is 5.78 Å². The lowest BCUT2D eigenvalue weighted by molar-refractivity contribution is 0.0909. The number of ether oxygens (including phenoxy) is 2. The number of ketones is 1. The lowest BCUT2D eigenvalue weighted by atomic mass is 9.88. The molecule has 0 saturated carbocycles. The average Bonchev–Trinajstić information content (AvgIpc) is 3.19. The zero-order valence-corrected chi connectivity index (χ0v) is 8.50. The number of epoxide rings is 2. The maximum Gasteiger partial charge on any atom is 0.201 e. The minimum Gasteiger partial charge on any atom is -0.362 e. The first-order chi connectivity index (χ1) is 7.81. The van der Waals surface area contributed by atoms with Crippen LogP contribution in [0.2, 0.25) is 0 Å². The molecule has 1 aromatic carbocycles. The van der Waals surface area contributed by atoms with E-state index in [-0.39, 0.29) is 24.1 Å². The van der Waals surface area contributed by atoms with Crippen molar-refractivity contribution in [1.29, 1.82) is 0 Å². The lowest BCUT2D eigenvalue weighted by Gasteiger charge is -2.08. The summed E-state index contributed by atoms with van der Waals surface area (Å²) in [5.41, 5.74) is -0.0206. The van der Waals surface area contributed by atoms with E-state index in [0.29, 0.717) is 5.56 Å². The lowest BCUT2D eigenvalue weighted by Crippen LogP contribution is -2.29. The van der Waals surface area contributed by atoms with E-state index in [1.165, 1.54) is 0 Å². The molecule has 3 heteroatoms. The number of carbonyl (C=O) groups is 1. The van der Waals surface area contributed by atoms with E-state index in [2.05, 4.69) is 0 Å². The number of hydrogen-bond donors (Lipinski definition) is 0. The summed E-state index contributed by atoms with van der Waals surface area (Å²) in [6.07, 6.45) is 4.04. The highest BCUT2D eigenvalue weighted by Crippen LogP contribution is 2.53. The quantitative estimate of drug-likeness (QED) is 0.424. The maximum atomic E-state index is 12.3. The predicted molar refractivity (Wildman–Crippen MR) is 56.2 cm³/mol. The predicted octanol–water partition coefficient (Wildman–Crippen LogP) is 1.34. The largest absolute Gasteiger partial charge is 0.362 e. The van der Waals surface area contributed by atoms with Crippen molar-refractivity contribution in [2.24, 2.45) is 0 Å². The minimum atomic E-state index is -0.723. The summed E-state index contributed by atoms with van der Waals surface area (Å²) in [5, 5.41) is 0. The van der Waals surface area contributed by atoms with Gasteiger partial charge in [0.1, 0.15) is 18.3 Å². The molecule has 0 aromatic heterocycles. The van der Waals surface area contributed by atoms with Gasteiger partial charge >= 0.3 is 0 Å². The van der Waals surface area contributed by atoms with Crippen molar-refractivity contribution in [3.8, 4) is 0 Å². The summed E-state index contributed by atoms with van der Waals surface area (Å²) in [4.78, 5) is 12.3. The number of Topliss-reactive ketones (excluding diaryl/α,β-unsaturated/α-hetero) is 1. The van der Waals surface area contributed by atoms with E-state index in [9.17, 15) is 4.79 Å². The Morgan fingerprint density at radius 2 is 2.06 bits per heavy atom. The Balaban J connectivity index is 1.71. The average molecular weight is 214 g/mol. The molecule has 80 valence electrons. The van der Waals surface area contributed by atoms with Gasteiger partial charge in [0.25, 0.3) is 0 Å². The highest BCUT2D eigenvalue weighted by atomic mass is 16.7. The van der Waals surface area contributed by atoms with Crippen molar-refractivity contribution in [3.05, 3.63) is 48.0 Å². The van der Waals surface area contributed by atoms with Gasteiger partial charge in [-0.05, 0) is 6.08 Å². The monoisotopic (exact) mass is 214 g/mol. The molecule has 0 spiro atoms. The number of carbonyl (C=O) groups excluding carboxylic acids is 1. The molecule has 4 rings (SSSR count). The van der Waals surface area contributed by atoms with Gasteiger partial charge in [0.05, 0.1) is 0 Å². The fourth-order valence-electron chi connectivity index (χ4n) is 2.47. The highest BCUT2D eigenvalue weighted by Gasteiger charge is 2.71. The van der Waals surface area contributed by atoms with E-state index in [1.54, 1.807) is 0 Å². The molecule has 2 saturated heterocycles. The first kappa shape index (κ1) is 8.67. The van der Waals surface area contributed by atoms with Crippen molar-refractivity contribution in [1.82, 2.24) is 0 Å². The van der Waals surface area contributed by atoms with Gasteiger partial charge in [-0.25, -0.2) is 0 Å². The standard InChI is InChI=1S/C13H10O3/c14-11(8-4-2-1-3-5-8)13-7-6-9-10(15-9)12(13)16-13/h1-7,9-10,12H. The van der Waals surface area contributed by atoms with Gasteiger partial charge in [-0.1, -0.05) is 36.4 Å². The van der Waals surface area contributed by atoms with Crippen LogP contribution in [0.4, 0.5) is 0 Å². The Bertz CT molecular complexity index is 493. The minimum absolute atomic E-state index is 0.0447. The molecule has 0 amide bonds. The SMILES string of the molecule is O=C(c1ccccc1)C12C=CC3OC3C1O2. The van der Waals surface area contributed by atoms with Crippen LogP contribution in [-0.4, -0.2) is 29.7 Å². The Kier molecular flexibility index (Phi) is 1.42. The fourth-order valence-corrected chi connectivity index (χ4v) is 2.47. The second-order valence-corrected chi connectivity index (χ2v) is 4.45. The topological polar surface area (TPSA) is 42.1 Å². The maximum absolute atomic E-state index is 12.3. The van der Waals surface area contributed by atoms with Crippen LogP contribution >= 0.6 is 0 Å². The molecule has 4 unspecified atom stereocenters. The van der Waals surface area contributed by atoms with E-state index in [4.69, 9.17) is 9.47 Å². The Hall–Kier alpha value is -1.45. The van der Waals surface area contributed by atoms with Gasteiger partial charge in [-0.2, -0.15) is 0 Å². The van der Waals surface area contributed by atoms with Crippen LogP contribution < -0.4 is 0 Å². The molecule has 1 aromatic rings. The molecule has 3 aliphatic rings. The summed E-state index contributed by atoms with van der Waals surface area (Å²) in [6, 6.07) is 9.28. The first-order valence-electron chi connectivity index (χ1n) is 5.44. The van der Waals surface area contributed by atoms with Gasteiger partial charge in [0.15, 0.2) is 5.60 Å². The molecule has 0 bridgehead atoms. The first-order valence-corrected chi connectivity index (χ1v) is 5.44. The number of hydrogen-bond acceptors (Lipinski definition) is 3. The summed E-state index contributed by atoms with van der Waals surface area (Å²) in [7, 11) is 0. The second kappa shape index (κ2) is 2.62. The van der Waals surface area contributed by atoms with Crippen LogP contribution in [0.1, 0.15) is 10.4 Å². The molecule has 4 atom stereocenters. The van der Waals surface area contributed by atoms with Crippen molar-refractivity contribution in [3.63, 3.8) is 0 Å². The van der Waals surface area contributed by atoms with Crippen LogP contribution in [0, 0.1) is 0 Å². The summed E-state index contributed by atoms with van der Waals surface area (Å²) in [6.45, 7) is 0. The summed E-state index contributed by atoms with van der Waals surface area (Å²) < 4.78 is 11.0. The number of rotatable bonds is 2. The zero-order chi connectivity index (χ0) is 10.8.